The number of fused-ring (bicyclic) bond motifs is 1. The Morgan fingerprint density at radius 1 is 1.24 bits per heavy atom. The summed E-state index contributed by atoms with van der Waals surface area (Å²) in [5.74, 6) is 1.26. The van der Waals surface area contributed by atoms with Gasteiger partial charge in [-0.15, -0.1) is 0 Å². The van der Waals surface area contributed by atoms with E-state index in [4.69, 9.17) is 0 Å². The van der Waals surface area contributed by atoms with Crippen molar-refractivity contribution in [2.75, 3.05) is 18.5 Å². The van der Waals surface area contributed by atoms with Crippen molar-refractivity contribution < 1.29 is 0 Å². The van der Waals surface area contributed by atoms with Gasteiger partial charge in [0.1, 0.15) is 5.82 Å². The summed E-state index contributed by atoms with van der Waals surface area (Å²) in [5, 5.41) is 7.90. The molecule has 4 nitrogen and oxygen atoms in total. The average Bonchev–Trinajstić information content (AvgIpc) is 2.65. The maximum absolute atomic E-state index is 4.63. The fourth-order valence-electron chi connectivity index (χ4n) is 3.35. The lowest BCUT2D eigenvalue weighted by Gasteiger charge is -2.24. The van der Waals surface area contributed by atoms with E-state index in [1.807, 2.05) is 11.7 Å². The monoisotopic (exact) mass is 284 g/mol. The minimum Gasteiger partial charge on any atom is -0.352 e. The zero-order valence-electron chi connectivity index (χ0n) is 13.2. The number of benzene rings is 1. The Morgan fingerprint density at radius 3 is 2.76 bits per heavy atom. The lowest BCUT2D eigenvalue weighted by molar-refractivity contribution is 0.683. The number of hydrogen-bond acceptors (Lipinski definition) is 3. The van der Waals surface area contributed by atoms with E-state index in [1.54, 1.807) is 0 Å². The second-order valence-corrected chi connectivity index (χ2v) is 5.84. The van der Waals surface area contributed by atoms with Crippen molar-refractivity contribution in [3.05, 3.63) is 46.6 Å². The smallest absolute Gasteiger partial charge is 0.131 e. The second-order valence-electron chi connectivity index (χ2n) is 5.84. The molecule has 0 spiro atoms. The molecule has 0 bridgehead atoms. The summed E-state index contributed by atoms with van der Waals surface area (Å²) in [4.78, 5) is 2.48. The SMILES string of the molecule is CNCc1c(C)nn(C)c1N1CCCc2ccccc2C1. The molecule has 0 unspecified atom stereocenters. The lowest BCUT2D eigenvalue weighted by Crippen LogP contribution is -2.26. The van der Waals surface area contributed by atoms with Gasteiger partial charge in [0, 0.05) is 32.2 Å². The van der Waals surface area contributed by atoms with Crippen molar-refractivity contribution in [2.24, 2.45) is 7.05 Å². The summed E-state index contributed by atoms with van der Waals surface area (Å²) in [5.41, 5.74) is 5.39. The first kappa shape index (κ1) is 14.1. The molecular formula is C17H24N4. The van der Waals surface area contributed by atoms with Crippen LogP contribution < -0.4 is 10.2 Å². The van der Waals surface area contributed by atoms with Crippen LogP contribution in [0.4, 0.5) is 5.82 Å². The highest BCUT2D eigenvalue weighted by Gasteiger charge is 2.21. The third-order valence-electron chi connectivity index (χ3n) is 4.32. The van der Waals surface area contributed by atoms with Gasteiger partial charge in [-0.3, -0.25) is 4.68 Å². The van der Waals surface area contributed by atoms with E-state index in [1.165, 1.54) is 35.3 Å². The van der Waals surface area contributed by atoms with Gasteiger partial charge in [0.15, 0.2) is 0 Å². The Bertz CT molecular complexity index is 630. The van der Waals surface area contributed by atoms with Crippen LogP contribution in [0.25, 0.3) is 0 Å². The van der Waals surface area contributed by atoms with Crippen LogP contribution in [0.1, 0.15) is 28.8 Å². The number of anilines is 1. The summed E-state index contributed by atoms with van der Waals surface area (Å²) < 4.78 is 2.04. The Balaban J connectivity index is 1.98. The largest absolute Gasteiger partial charge is 0.352 e. The molecule has 0 radical (unpaired) electrons. The van der Waals surface area contributed by atoms with Crippen molar-refractivity contribution in [3.63, 3.8) is 0 Å². The number of rotatable bonds is 3. The van der Waals surface area contributed by atoms with Crippen LogP contribution in [0, 0.1) is 6.92 Å². The van der Waals surface area contributed by atoms with E-state index in [-0.39, 0.29) is 0 Å². The third kappa shape index (κ3) is 2.68. The summed E-state index contributed by atoms with van der Waals surface area (Å²) in [6.45, 7) is 5.03. The zero-order valence-corrected chi connectivity index (χ0v) is 13.2. The van der Waals surface area contributed by atoms with Crippen molar-refractivity contribution >= 4 is 5.82 Å². The molecule has 3 rings (SSSR count). The molecule has 1 aromatic carbocycles. The van der Waals surface area contributed by atoms with Crippen molar-refractivity contribution in [2.45, 2.75) is 32.9 Å². The predicted molar refractivity (Wildman–Crippen MR) is 86.5 cm³/mol. The van der Waals surface area contributed by atoms with Gasteiger partial charge in [-0.05, 0) is 37.9 Å². The van der Waals surface area contributed by atoms with Gasteiger partial charge in [0.2, 0.25) is 0 Å². The van der Waals surface area contributed by atoms with Gasteiger partial charge >= 0.3 is 0 Å². The zero-order chi connectivity index (χ0) is 14.8. The number of hydrogen-bond donors (Lipinski definition) is 1. The van der Waals surface area contributed by atoms with Gasteiger partial charge in [-0.1, -0.05) is 24.3 Å². The van der Waals surface area contributed by atoms with Crippen molar-refractivity contribution in [1.82, 2.24) is 15.1 Å². The van der Waals surface area contributed by atoms with Crippen LogP contribution in [0.2, 0.25) is 0 Å². The molecule has 2 heterocycles. The van der Waals surface area contributed by atoms with Crippen molar-refractivity contribution in [3.8, 4) is 0 Å². The van der Waals surface area contributed by atoms with Gasteiger partial charge in [0.25, 0.3) is 0 Å². The molecule has 1 N–H and O–H groups in total. The van der Waals surface area contributed by atoms with Crippen LogP contribution in [0.3, 0.4) is 0 Å². The first-order chi connectivity index (χ1) is 10.2. The van der Waals surface area contributed by atoms with Crippen molar-refractivity contribution in [1.29, 1.82) is 0 Å². The molecule has 1 aromatic heterocycles. The minimum atomic E-state index is 0.868. The molecule has 1 aliphatic heterocycles. The fraction of sp³-hybridized carbons (Fsp3) is 0.471. The maximum Gasteiger partial charge on any atom is 0.131 e. The number of aromatic nitrogens is 2. The molecule has 0 aliphatic carbocycles. The minimum absolute atomic E-state index is 0.868. The number of aryl methyl sites for hydroxylation is 3. The average molecular weight is 284 g/mol. The lowest BCUT2D eigenvalue weighted by atomic mass is 10.0. The van der Waals surface area contributed by atoms with Crippen LogP contribution in [-0.4, -0.2) is 23.4 Å². The Morgan fingerprint density at radius 2 is 2.00 bits per heavy atom. The Kier molecular flexibility index (Phi) is 3.97. The summed E-state index contributed by atoms with van der Waals surface area (Å²) in [6.07, 6.45) is 2.37. The van der Waals surface area contributed by atoms with E-state index in [2.05, 4.69) is 53.6 Å². The van der Waals surface area contributed by atoms with E-state index in [0.717, 1.165) is 25.3 Å². The standard InChI is InChI=1S/C17H24N4/c1-13-16(11-18-2)17(20(3)19-13)21-10-6-9-14-7-4-5-8-15(14)12-21/h4-5,7-8,18H,6,9-12H2,1-3H3. The fourth-order valence-corrected chi connectivity index (χ4v) is 3.35. The van der Waals surface area contributed by atoms with Gasteiger partial charge in [0.05, 0.1) is 5.69 Å². The molecule has 0 fully saturated rings. The van der Waals surface area contributed by atoms with E-state index >= 15 is 0 Å². The quantitative estimate of drug-likeness (QED) is 0.939. The molecule has 21 heavy (non-hydrogen) atoms. The molecule has 0 saturated heterocycles. The molecular weight excluding hydrogens is 260 g/mol. The highest BCUT2D eigenvalue weighted by atomic mass is 15.4. The highest BCUT2D eigenvalue weighted by molar-refractivity contribution is 5.51. The van der Waals surface area contributed by atoms with Crippen LogP contribution in [0.15, 0.2) is 24.3 Å². The van der Waals surface area contributed by atoms with Crippen LogP contribution in [-0.2, 0) is 26.6 Å². The summed E-state index contributed by atoms with van der Waals surface area (Å²) in [6, 6.07) is 8.82. The third-order valence-corrected chi connectivity index (χ3v) is 4.32. The second kappa shape index (κ2) is 5.90. The normalized spacial score (nSPS) is 14.9. The highest BCUT2D eigenvalue weighted by Crippen LogP contribution is 2.28. The molecule has 112 valence electrons. The number of nitrogens with zero attached hydrogens (tertiary/aromatic N) is 3. The van der Waals surface area contributed by atoms with Gasteiger partial charge < -0.3 is 10.2 Å². The number of nitrogens with one attached hydrogen (secondary N) is 1. The van der Waals surface area contributed by atoms with Gasteiger partial charge in [-0.25, -0.2) is 0 Å². The first-order valence-electron chi connectivity index (χ1n) is 7.69. The predicted octanol–water partition coefficient (Wildman–Crippen LogP) is 2.40. The molecule has 4 heteroatoms. The molecule has 0 atom stereocenters. The van der Waals surface area contributed by atoms with Crippen LogP contribution >= 0.6 is 0 Å². The first-order valence-corrected chi connectivity index (χ1v) is 7.69. The molecule has 2 aromatic rings. The van der Waals surface area contributed by atoms with Crippen LogP contribution in [0.5, 0.6) is 0 Å². The summed E-state index contributed by atoms with van der Waals surface area (Å²) in [7, 11) is 4.05. The van der Waals surface area contributed by atoms with E-state index in [9.17, 15) is 0 Å². The molecule has 0 amide bonds. The Labute approximate surface area is 126 Å². The van der Waals surface area contributed by atoms with Gasteiger partial charge in [-0.2, -0.15) is 5.10 Å². The molecule has 1 aliphatic rings. The topological polar surface area (TPSA) is 33.1 Å². The Hall–Kier alpha value is -1.81. The maximum atomic E-state index is 4.63. The summed E-state index contributed by atoms with van der Waals surface area (Å²) >= 11 is 0. The molecule has 0 saturated carbocycles. The van der Waals surface area contributed by atoms with E-state index < -0.39 is 0 Å². The van der Waals surface area contributed by atoms with E-state index in [0.29, 0.717) is 0 Å².